The van der Waals surface area contributed by atoms with Gasteiger partial charge in [-0.1, -0.05) is 41.4 Å². The molecule has 6 heteroatoms. The molecule has 0 bridgehead atoms. The van der Waals surface area contributed by atoms with Crippen LogP contribution in [0.15, 0.2) is 75.9 Å². The van der Waals surface area contributed by atoms with E-state index in [0.717, 1.165) is 5.56 Å². The summed E-state index contributed by atoms with van der Waals surface area (Å²) in [7, 11) is 1.56. The smallest absolute Gasteiger partial charge is 0.257 e. The molecule has 0 saturated carbocycles. The zero-order chi connectivity index (χ0) is 21.3. The van der Waals surface area contributed by atoms with Crippen LogP contribution in [-0.4, -0.2) is 13.0 Å². The van der Waals surface area contributed by atoms with Gasteiger partial charge < -0.3 is 9.15 Å². The van der Waals surface area contributed by atoms with Crippen LogP contribution in [0.3, 0.4) is 0 Å². The number of hydrogen-bond acceptors (Lipinski definition) is 4. The molecule has 5 nitrogen and oxygen atoms in total. The molecule has 1 amide bonds. The Morgan fingerprint density at radius 1 is 1.00 bits per heavy atom. The van der Waals surface area contributed by atoms with E-state index in [0.29, 0.717) is 32.9 Å². The third-order valence-corrected chi connectivity index (χ3v) is 5.01. The van der Waals surface area contributed by atoms with E-state index in [1.165, 1.54) is 0 Å². The number of benzene rings is 3. The molecule has 0 atom stereocenters. The number of anilines is 1. The minimum Gasteiger partial charge on any atom is -0.497 e. The van der Waals surface area contributed by atoms with Crippen LogP contribution in [0.2, 0.25) is 5.02 Å². The van der Waals surface area contributed by atoms with Crippen molar-refractivity contribution in [3.8, 4) is 16.9 Å². The second kappa shape index (κ2) is 8.05. The maximum absolute atomic E-state index is 13.3. The summed E-state index contributed by atoms with van der Waals surface area (Å²) in [5, 5.41) is 3.51. The number of aryl methyl sites for hydroxylation is 1. The van der Waals surface area contributed by atoms with Gasteiger partial charge in [0.2, 0.25) is 11.3 Å². The Morgan fingerprint density at radius 2 is 1.70 bits per heavy atom. The number of carbonyl (C=O) groups is 1. The summed E-state index contributed by atoms with van der Waals surface area (Å²) >= 11 is 6.08. The van der Waals surface area contributed by atoms with Crippen molar-refractivity contribution >= 4 is 34.4 Å². The summed E-state index contributed by atoms with van der Waals surface area (Å²) in [6.45, 7) is 1.94. The normalized spacial score (nSPS) is 10.8. The van der Waals surface area contributed by atoms with Crippen molar-refractivity contribution in [2.45, 2.75) is 6.92 Å². The molecule has 0 spiro atoms. The van der Waals surface area contributed by atoms with Crippen LogP contribution in [-0.2, 0) is 0 Å². The maximum Gasteiger partial charge on any atom is 0.257 e. The SMILES string of the molecule is COc1ccc(-c2c(NC(=O)c3ccc(C)cc3)oc3ccc(Cl)cc3c2=O)cc1. The first kappa shape index (κ1) is 19.7. The Hall–Kier alpha value is -3.57. The van der Waals surface area contributed by atoms with Crippen LogP contribution in [0.5, 0.6) is 5.75 Å². The highest BCUT2D eigenvalue weighted by Gasteiger charge is 2.19. The summed E-state index contributed by atoms with van der Waals surface area (Å²) < 4.78 is 11.1. The standard InChI is InChI=1S/C24H18ClNO4/c1-14-3-5-16(6-4-14)23(28)26-24-21(15-7-10-18(29-2)11-8-15)22(27)19-13-17(25)9-12-20(19)30-24/h3-13H,1-2H3,(H,26,28). The van der Waals surface area contributed by atoms with Gasteiger partial charge in [0.05, 0.1) is 18.1 Å². The number of methoxy groups -OCH3 is 1. The van der Waals surface area contributed by atoms with Crippen LogP contribution in [0.1, 0.15) is 15.9 Å². The molecule has 1 N–H and O–H groups in total. The molecular weight excluding hydrogens is 402 g/mol. The number of nitrogens with one attached hydrogen (secondary N) is 1. The molecule has 4 rings (SSSR count). The van der Waals surface area contributed by atoms with Crippen molar-refractivity contribution < 1.29 is 13.9 Å². The zero-order valence-corrected chi connectivity index (χ0v) is 17.1. The number of ether oxygens (including phenoxy) is 1. The molecule has 0 saturated heterocycles. The van der Waals surface area contributed by atoms with Crippen molar-refractivity contribution in [2.75, 3.05) is 12.4 Å². The zero-order valence-electron chi connectivity index (χ0n) is 16.4. The van der Waals surface area contributed by atoms with E-state index in [-0.39, 0.29) is 22.8 Å². The average Bonchev–Trinajstić information content (AvgIpc) is 2.75. The largest absolute Gasteiger partial charge is 0.497 e. The van der Waals surface area contributed by atoms with Crippen molar-refractivity contribution in [2.24, 2.45) is 0 Å². The first-order valence-electron chi connectivity index (χ1n) is 9.25. The number of amides is 1. The first-order valence-corrected chi connectivity index (χ1v) is 9.63. The minimum atomic E-state index is -0.374. The summed E-state index contributed by atoms with van der Waals surface area (Å²) in [6, 6.07) is 18.9. The maximum atomic E-state index is 13.3. The molecule has 0 fully saturated rings. The van der Waals surface area contributed by atoms with Gasteiger partial charge in [-0.2, -0.15) is 0 Å². The fourth-order valence-corrected chi connectivity index (χ4v) is 3.33. The molecule has 0 aliphatic heterocycles. The second-order valence-electron chi connectivity index (χ2n) is 6.82. The molecule has 0 radical (unpaired) electrons. The van der Waals surface area contributed by atoms with E-state index < -0.39 is 0 Å². The number of rotatable bonds is 4. The van der Waals surface area contributed by atoms with Gasteiger partial charge in [-0.3, -0.25) is 14.9 Å². The highest BCUT2D eigenvalue weighted by molar-refractivity contribution is 6.31. The Balaban J connectivity index is 1.87. The van der Waals surface area contributed by atoms with Gasteiger partial charge in [-0.15, -0.1) is 0 Å². The monoisotopic (exact) mass is 419 g/mol. The second-order valence-corrected chi connectivity index (χ2v) is 7.26. The van der Waals surface area contributed by atoms with Crippen molar-refractivity contribution in [3.63, 3.8) is 0 Å². The number of fused-ring (bicyclic) bond motifs is 1. The molecule has 0 aliphatic carbocycles. The van der Waals surface area contributed by atoms with E-state index >= 15 is 0 Å². The predicted octanol–water partition coefficient (Wildman–Crippen LogP) is 5.68. The number of hydrogen-bond donors (Lipinski definition) is 1. The van der Waals surface area contributed by atoms with Gasteiger partial charge in [-0.25, -0.2) is 0 Å². The minimum absolute atomic E-state index is 0.0746. The van der Waals surface area contributed by atoms with Gasteiger partial charge in [0, 0.05) is 10.6 Å². The van der Waals surface area contributed by atoms with E-state index in [9.17, 15) is 9.59 Å². The lowest BCUT2D eigenvalue weighted by molar-refractivity contribution is 0.102. The highest BCUT2D eigenvalue weighted by atomic mass is 35.5. The molecule has 4 aromatic rings. The van der Waals surface area contributed by atoms with Crippen LogP contribution >= 0.6 is 11.6 Å². The summed E-state index contributed by atoms with van der Waals surface area (Å²) in [5.74, 6) is 0.351. The quantitative estimate of drug-likeness (QED) is 0.462. The van der Waals surface area contributed by atoms with Gasteiger partial charge in [0.25, 0.3) is 5.91 Å². The number of carbonyl (C=O) groups excluding carboxylic acids is 1. The Bertz CT molecular complexity index is 1290. The van der Waals surface area contributed by atoms with Gasteiger partial charge >= 0.3 is 0 Å². The lowest BCUT2D eigenvalue weighted by Crippen LogP contribution is -2.16. The third-order valence-electron chi connectivity index (χ3n) is 4.77. The molecule has 3 aromatic carbocycles. The van der Waals surface area contributed by atoms with E-state index in [4.69, 9.17) is 20.8 Å². The van der Waals surface area contributed by atoms with Crippen LogP contribution in [0.4, 0.5) is 5.88 Å². The molecule has 1 aromatic heterocycles. The topological polar surface area (TPSA) is 68.5 Å². The van der Waals surface area contributed by atoms with Gasteiger partial charge in [-0.05, 0) is 55.0 Å². The van der Waals surface area contributed by atoms with Crippen molar-refractivity contribution in [1.29, 1.82) is 0 Å². The fraction of sp³-hybridized carbons (Fsp3) is 0.0833. The van der Waals surface area contributed by atoms with Crippen LogP contribution in [0.25, 0.3) is 22.1 Å². The Kier molecular flexibility index (Phi) is 5.29. The highest BCUT2D eigenvalue weighted by Crippen LogP contribution is 2.31. The molecule has 30 heavy (non-hydrogen) atoms. The molecule has 0 unspecified atom stereocenters. The summed E-state index contributed by atoms with van der Waals surface area (Å²) in [4.78, 5) is 26.1. The fourth-order valence-electron chi connectivity index (χ4n) is 3.16. The van der Waals surface area contributed by atoms with E-state index in [1.807, 2.05) is 19.1 Å². The van der Waals surface area contributed by atoms with E-state index in [1.54, 1.807) is 61.7 Å². The predicted molar refractivity (Wildman–Crippen MR) is 119 cm³/mol. The lowest BCUT2D eigenvalue weighted by atomic mass is 10.0. The average molecular weight is 420 g/mol. The van der Waals surface area contributed by atoms with Crippen molar-refractivity contribution in [3.05, 3.63) is 93.1 Å². The van der Waals surface area contributed by atoms with Gasteiger partial charge in [0.15, 0.2) is 0 Å². The molecular formula is C24H18ClNO4. The Labute approximate surface area is 177 Å². The molecule has 150 valence electrons. The third kappa shape index (κ3) is 3.80. The Morgan fingerprint density at radius 3 is 2.37 bits per heavy atom. The molecule has 1 heterocycles. The van der Waals surface area contributed by atoms with Crippen molar-refractivity contribution in [1.82, 2.24) is 0 Å². The van der Waals surface area contributed by atoms with Crippen LogP contribution in [0, 0.1) is 6.92 Å². The number of halogens is 1. The van der Waals surface area contributed by atoms with E-state index in [2.05, 4.69) is 5.32 Å². The summed E-state index contributed by atoms with van der Waals surface area (Å²) in [6.07, 6.45) is 0. The summed E-state index contributed by atoms with van der Waals surface area (Å²) in [5.41, 5.74) is 2.38. The first-order chi connectivity index (χ1) is 14.5. The van der Waals surface area contributed by atoms with Crippen LogP contribution < -0.4 is 15.5 Å². The molecule has 0 aliphatic rings. The van der Waals surface area contributed by atoms with Gasteiger partial charge in [0.1, 0.15) is 11.3 Å². The lowest BCUT2D eigenvalue weighted by Gasteiger charge is -2.12.